The van der Waals surface area contributed by atoms with Crippen LogP contribution >= 0.6 is 47.0 Å². The highest BCUT2D eigenvalue weighted by Gasteiger charge is 2.51. The van der Waals surface area contributed by atoms with E-state index in [2.05, 4.69) is 112 Å². The molecule has 0 saturated heterocycles. The van der Waals surface area contributed by atoms with Gasteiger partial charge >= 0.3 is 0 Å². The van der Waals surface area contributed by atoms with Crippen molar-refractivity contribution in [1.82, 2.24) is 99.8 Å². The Balaban J connectivity index is 0.000000176. The summed E-state index contributed by atoms with van der Waals surface area (Å²) in [5.74, 6) is -12.2. The minimum absolute atomic E-state index is 0.0132. The van der Waals surface area contributed by atoms with Crippen LogP contribution in [-0.4, -0.2) is 334 Å². The SMILES string of the molecule is [2H]c1c([2H])c([C@H]2[C@H](Nc3nc(SC([2H])([2H])CC)nc4c3nnn4[C@]3([2H])C([2H])([2H])[C@]([2H])(OC([2H])([2H])C([2H])([2H])O)[C@@]([2H])(O)[C@@]3([2H])O)C2([2H])[2H])c([2H])c(F)c1C.[2H]c1c([2H])c([C@H]2[C@H](Nc3nc(SC([2H])([2H])CC)nc4c3nnn4[C@]3([2H])C([2H])([2H])[C@]([2H])(OC([2H])([2H])CO)[C@@]([2H])(O)[C@@]3([2H])O)C2([2H])[2H])c([2H])c(F)c1C.[2H]c1c([2H])c([C@H]2[C@H](Nc3nc(SC([2H])([2H])CC)nc4c3nnn4[C@]3([2H])C([2H])([2H])[C@]([2H])(OCC([2H])([2H])O)[C@@]([2H])(O)[C@@]3([2H])O)C2([2H])[2H])c([2H])c(F)c1C.[2H]c1c([2H])c([C@H]2[C@H](Nc3nc(SC([2H])([2H])CC)nc4c3nnn4[C@]3([2H])C([2H])([2H])[C@]([2H])(OCCO)[C@@]([2H])(O)[C@@]3([2H])O)C2([2H])[2H])c([2H])c(F)c1C. The molecular weight excluding hydrogens is 1950 g/mol. The largest absolute Gasteiger partial charge is 0.394 e. The molecule has 0 spiro atoms. The standard InChI is InChI=1S/4C24H31FN6O4S/c4*1-3-8-36-24-27-22(26-16-10-14(16)13-5-4-12(2)15(25)9-13)19-23(28-24)31(30-29-19)17-11-18(35-7-6-32)21(34)20(17)33/h4*4-5,9,14,16-18,20-21,32-34H,3,6-8,10-11H2,1-2H3,(H,26,27,28)/t4*14-,16+,17+,18-,20-,21+/m0000/s1/i4D,5D,6D2,7D2,8D2,9D,10D2,11D2,17D,18D,20D,21D;4D,5D,7D2,8D2,9D,10D2,11D2,17D,18D,20D,21D;4D,5D,6D2,8D2,9D,10D2,11D2,17D,18D,20D,21D;4D,5D,8D2,9D,10D2,11D2,17D,18D,20D,21D. The zero-order valence-electron chi connectivity index (χ0n) is 135. The van der Waals surface area contributed by atoms with Gasteiger partial charge in [-0.05, 0) is 148 Å². The van der Waals surface area contributed by atoms with Crippen molar-refractivity contribution in [2.45, 2.75) is 298 Å². The van der Waals surface area contributed by atoms with E-state index >= 15 is 0 Å². The Morgan fingerprint density at radius 3 is 0.854 bits per heavy atom. The van der Waals surface area contributed by atoms with Gasteiger partial charge in [0.15, 0.2) is 88.6 Å². The van der Waals surface area contributed by atoms with E-state index < -0.39 is 478 Å². The van der Waals surface area contributed by atoms with Crippen molar-refractivity contribution < 1.29 is 180 Å². The number of aliphatic hydroxyl groups is 12. The number of anilines is 4. The summed E-state index contributed by atoms with van der Waals surface area (Å²) < 4.78 is 579. The van der Waals surface area contributed by atoms with Crippen molar-refractivity contribution in [2.24, 2.45) is 0 Å². The van der Waals surface area contributed by atoms with Gasteiger partial charge in [-0.3, -0.25) is 0 Å². The first-order valence-corrected chi connectivity index (χ1v) is 45.8. The molecule has 8 heterocycles. The molecule has 24 atom stereocenters. The number of fused-ring (bicyclic) bond motifs is 4. The van der Waals surface area contributed by atoms with Crippen LogP contribution in [0.4, 0.5) is 40.8 Å². The third-order valence-electron chi connectivity index (χ3n) is 20.4. The number of hydrogen-bond donors (Lipinski definition) is 16. The number of benzene rings is 4. The van der Waals surface area contributed by atoms with Crippen molar-refractivity contribution in [3.05, 3.63) is 140 Å². The van der Waals surface area contributed by atoms with Gasteiger partial charge in [0.2, 0.25) is 0 Å². The summed E-state index contributed by atoms with van der Waals surface area (Å²) in [4.78, 5) is 33.1. The van der Waals surface area contributed by atoms with E-state index in [1.54, 1.807) is 0 Å². The Morgan fingerprint density at radius 1 is 0.354 bits per heavy atom. The Bertz CT molecular complexity index is 9720. The number of thioether (sulfide) groups is 4. The molecule has 776 valence electrons. The number of halogens is 4. The van der Waals surface area contributed by atoms with E-state index in [0.717, 1.165) is 0 Å². The molecule has 8 aromatic heterocycles. The van der Waals surface area contributed by atoms with Gasteiger partial charge < -0.3 is 101 Å². The molecule has 20 rings (SSSR count). The topological polar surface area (TPSA) is 554 Å². The fourth-order valence-electron chi connectivity index (χ4n) is 13.2. The maximum absolute atomic E-state index is 14.8. The van der Waals surface area contributed by atoms with Gasteiger partial charge in [-0.25, -0.2) is 76.2 Å². The average molecular weight is 2130 g/mol. The molecule has 0 amide bonds. The molecule has 0 bridgehead atoms. The van der Waals surface area contributed by atoms with Gasteiger partial charge in [-0.15, -0.1) is 20.4 Å². The van der Waals surface area contributed by atoms with Crippen LogP contribution in [0.1, 0.15) is 279 Å². The van der Waals surface area contributed by atoms with Gasteiger partial charge in [0.1, 0.15) is 71.9 Å². The monoisotopic (exact) mass is 2130 g/mol. The summed E-state index contributed by atoms with van der Waals surface area (Å²) in [6.45, 7) is -8.95. The summed E-state index contributed by atoms with van der Waals surface area (Å²) in [6.07, 6.45) is -74.9. The summed E-state index contributed by atoms with van der Waals surface area (Å²) in [5.41, 5.74) is -16.7. The third kappa shape index (κ3) is 23.8. The zero-order valence-corrected chi connectivity index (χ0v) is 78.6. The van der Waals surface area contributed by atoms with Crippen LogP contribution in [-0.2, 0) is 18.9 Å². The van der Waals surface area contributed by atoms with Crippen molar-refractivity contribution in [2.75, 3.05) is 96.8 Å². The number of nitrogens with one attached hydrogen (secondary N) is 4. The van der Waals surface area contributed by atoms with Crippen LogP contribution in [0, 0.1) is 51.0 Å². The molecule has 4 aromatic carbocycles. The molecule has 0 radical (unpaired) electrons. The van der Waals surface area contributed by atoms with Crippen LogP contribution < -0.4 is 21.3 Å². The van der Waals surface area contributed by atoms with Crippen LogP contribution in [0.25, 0.3) is 44.7 Å². The smallest absolute Gasteiger partial charge is 0.191 e. The molecule has 0 unspecified atom stereocenters. The highest BCUT2D eigenvalue weighted by Crippen LogP contribution is 2.50. The van der Waals surface area contributed by atoms with E-state index in [4.69, 9.17) is 91.7 Å². The number of hydrogen-bond acceptors (Lipinski definition) is 40. The van der Waals surface area contributed by atoms with Gasteiger partial charge in [0.05, 0.1) is 150 Å². The van der Waals surface area contributed by atoms with Crippen molar-refractivity contribution in [1.29, 1.82) is 0 Å². The Hall–Kier alpha value is -9.52. The highest BCUT2D eigenvalue weighted by atomic mass is 32.2. The Kier molecular flexibility index (Phi) is 17.8. The molecular formula is C96H124F4N24O16S4. The lowest BCUT2D eigenvalue weighted by atomic mass is 10.1. The molecule has 144 heavy (non-hydrogen) atoms. The summed E-state index contributed by atoms with van der Waals surface area (Å²) in [7, 11) is 0. The first kappa shape index (κ1) is 54.1. The molecule has 8 aliphatic rings. The number of aliphatic hydroxyl groups excluding tert-OH is 2. The maximum atomic E-state index is 14.8. The fourth-order valence-corrected chi connectivity index (χ4v) is 15.4. The molecule has 48 heteroatoms. The second-order valence-corrected chi connectivity index (χ2v) is 33.7. The predicted molar refractivity (Wildman–Crippen MR) is 530 cm³/mol. The number of rotatable bonds is 40. The lowest BCUT2D eigenvalue weighted by molar-refractivity contribution is -0.0629. The molecule has 8 aliphatic carbocycles. The minimum Gasteiger partial charge on any atom is -0.394 e. The zero-order chi connectivity index (χ0) is 155. The van der Waals surface area contributed by atoms with Crippen LogP contribution in [0.5, 0.6) is 0 Å². The molecule has 40 nitrogen and oxygen atoms in total. The van der Waals surface area contributed by atoms with Crippen LogP contribution in [0.3, 0.4) is 0 Å². The van der Waals surface area contributed by atoms with E-state index in [-0.39, 0.29) is 66.7 Å². The molecule has 16 N–H and O–H groups in total. The van der Waals surface area contributed by atoms with Crippen molar-refractivity contribution >= 4 is 115 Å². The first-order valence-electron chi connectivity index (χ1n) is 72.6. The quantitative estimate of drug-likeness (QED) is 0.00969. The van der Waals surface area contributed by atoms with Gasteiger partial charge in [0, 0.05) is 129 Å². The normalized spacial score (nSPS) is 45.4. The Labute approximate surface area is 928 Å². The first-order chi connectivity index (χ1) is 92.0. The lowest BCUT2D eigenvalue weighted by Crippen LogP contribution is -2.33. The molecule has 0 aliphatic heterocycles. The van der Waals surface area contributed by atoms with Gasteiger partial charge in [-0.2, -0.15) is 0 Å². The molecule has 8 fully saturated rings. The van der Waals surface area contributed by atoms with Crippen LogP contribution in [0.2, 0.25) is 0 Å². The average Bonchev–Trinajstić information content (AvgIpc) is 1.47. The van der Waals surface area contributed by atoms with Gasteiger partial charge in [-0.1, -0.05) is 144 Å². The molecule has 8 saturated carbocycles. The van der Waals surface area contributed by atoms with Crippen LogP contribution in [0.15, 0.2) is 93.1 Å². The predicted octanol–water partition coefficient (Wildman–Crippen LogP) is 8.73. The van der Waals surface area contributed by atoms with E-state index in [1.807, 2.05) is 0 Å². The van der Waals surface area contributed by atoms with E-state index in [0.29, 0.717) is 47.0 Å². The maximum Gasteiger partial charge on any atom is 0.191 e. The van der Waals surface area contributed by atoms with Gasteiger partial charge in [0.25, 0.3) is 0 Å². The fraction of sp³-hybridized carbons (Fsp3) is 0.583. The third-order valence-corrected chi connectivity index (χ3v) is 23.6. The minimum atomic E-state index is -4.41. The second kappa shape index (κ2) is 47.3. The number of aromatic nitrogens is 20. The Morgan fingerprint density at radius 2 is 0.611 bits per heavy atom. The van der Waals surface area contributed by atoms with Crippen molar-refractivity contribution in [3.8, 4) is 0 Å². The second-order valence-electron chi connectivity index (χ2n) is 30.2. The van der Waals surface area contributed by atoms with E-state index in [1.165, 1.54) is 55.4 Å². The summed E-state index contributed by atoms with van der Waals surface area (Å²) in [6, 6.07) is -29.1. The number of nitrogens with zero attached hydrogens (tertiary/aromatic N) is 20. The lowest BCUT2D eigenvalue weighted by Gasteiger charge is -2.17. The van der Waals surface area contributed by atoms with E-state index in [9.17, 15) is 78.8 Å². The van der Waals surface area contributed by atoms with Crippen molar-refractivity contribution in [3.63, 3.8) is 0 Å². The summed E-state index contributed by atoms with van der Waals surface area (Å²) >= 11 is 1.53. The molecule has 12 aromatic rings. The number of ether oxygens (including phenoxy) is 4. The summed E-state index contributed by atoms with van der Waals surface area (Å²) in [5, 5.41) is 165. The highest BCUT2D eigenvalue weighted by molar-refractivity contribution is 7.99.